The fraction of sp³-hybridized carbons (Fsp3) is 0.364. The molecule has 1 aromatic heterocycles. The Morgan fingerprint density at radius 2 is 2.27 bits per heavy atom. The predicted octanol–water partition coefficient (Wildman–Crippen LogP) is 1.56. The lowest BCUT2D eigenvalue weighted by Gasteiger charge is -2.03. The minimum absolute atomic E-state index is 0.212. The number of nitrogens with zero attached hydrogens (tertiary/aromatic N) is 1. The zero-order valence-corrected chi connectivity index (χ0v) is 8.40. The van der Waals surface area contributed by atoms with Gasteiger partial charge < -0.3 is 4.74 Å². The van der Waals surface area contributed by atoms with E-state index >= 15 is 0 Å². The molecule has 0 spiro atoms. The van der Waals surface area contributed by atoms with Crippen LogP contribution in [0.4, 0.5) is 0 Å². The lowest BCUT2D eigenvalue weighted by atomic mass is 10.1. The van der Waals surface area contributed by atoms with E-state index in [0.29, 0.717) is 11.5 Å². The van der Waals surface area contributed by atoms with Gasteiger partial charge in [0.15, 0.2) is 0 Å². The van der Waals surface area contributed by atoms with Crippen LogP contribution in [0.15, 0.2) is 12.1 Å². The van der Waals surface area contributed by atoms with Gasteiger partial charge in [-0.3, -0.25) is 4.79 Å². The molecule has 0 atom stereocenters. The summed E-state index contributed by atoms with van der Waals surface area (Å²) in [4.78, 5) is 26.1. The van der Waals surface area contributed by atoms with E-state index in [2.05, 4.69) is 9.72 Å². The van der Waals surface area contributed by atoms with E-state index in [4.69, 9.17) is 0 Å². The lowest BCUT2D eigenvalue weighted by Crippen LogP contribution is -2.07. The van der Waals surface area contributed by atoms with E-state index in [1.54, 1.807) is 6.07 Å². The van der Waals surface area contributed by atoms with Gasteiger partial charge in [-0.1, -0.05) is 0 Å². The molecule has 1 fully saturated rings. The quantitative estimate of drug-likeness (QED) is 0.555. The van der Waals surface area contributed by atoms with Crippen molar-refractivity contribution in [3.05, 3.63) is 29.1 Å². The largest absolute Gasteiger partial charge is 0.464 e. The molecule has 0 aromatic carbocycles. The first-order valence-corrected chi connectivity index (χ1v) is 4.80. The number of pyridine rings is 1. The van der Waals surface area contributed by atoms with Crippen molar-refractivity contribution in [3.63, 3.8) is 0 Å². The van der Waals surface area contributed by atoms with Gasteiger partial charge >= 0.3 is 5.97 Å². The van der Waals surface area contributed by atoms with Crippen molar-refractivity contribution >= 4 is 12.3 Å². The molecule has 0 N–H and O–H groups in total. The number of aldehydes is 1. The second-order valence-corrected chi connectivity index (χ2v) is 3.59. The van der Waals surface area contributed by atoms with Gasteiger partial charge in [-0.05, 0) is 25.0 Å². The van der Waals surface area contributed by atoms with Crippen molar-refractivity contribution in [2.24, 2.45) is 0 Å². The van der Waals surface area contributed by atoms with Crippen LogP contribution in [0.5, 0.6) is 0 Å². The third kappa shape index (κ3) is 2.03. The Morgan fingerprint density at radius 3 is 2.80 bits per heavy atom. The number of hydrogen-bond acceptors (Lipinski definition) is 4. The summed E-state index contributed by atoms with van der Waals surface area (Å²) >= 11 is 0. The molecule has 2 rings (SSSR count). The Morgan fingerprint density at radius 1 is 1.53 bits per heavy atom. The molecule has 0 bridgehead atoms. The summed E-state index contributed by atoms with van der Waals surface area (Å²) in [5, 5.41) is 0. The molecule has 1 heterocycles. The Bertz CT molecular complexity index is 410. The maximum absolute atomic E-state index is 11.3. The molecular formula is C11H11NO3. The molecule has 0 radical (unpaired) electrons. The summed E-state index contributed by atoms with van der Waals surface area (Å²) in [5.74, 6) is -0.0890. The van der Waals surface area contributed by atoms with Crippen molar-refractivity contribution < 1.29 is 14.3 Å². The van der Waals surface area contributed by atoms with Gasteiger partial charge in [-0.15, -0.1) is 0 Å². The van der Waals surface area contributed by atoms with Crippen LogP contribution >= 0.6 is 0 Å². The molecule has 0 aliphatic heterocycles. The third-order valence-electron chi connectivity index (χ3n) is 2.39. The topological polar surface area (TPSA) is 56.3 Å². The van der Waals surface area contributed by atoms with Crippen LogP contribution in [0.1, 0.15) is 45.3 Å². The number of ether oxygens (including phenoxy) is 1. The summed E-state index contributed by atoms with van der Waals surface area (Å²) in [7, 11) is 1.30. The first-order chi connectivity index (χ1) is 7.24. The molecular weight excluding hydrogens is 194 g/mol. The summed E-state index contributed by atoms with van der Waals surface area (Å²) in [6.07, 6.45) is 2.88. The fourth-order valence-electron chi connectivity index (χ4n) is 1.44. The van der Waals surface area contributed by atoms with Crippen LogP contribution in [0.25, 0.3) is 0 Å². The molecule has 78 valence electrons. The average Bonchev–Trinajstić information content (AvgIpc) is 3.11. The van der Waals surface area contributed by atoms with Gasteiger partial charge in [0.25, 0.3) is 0 Å². The highest BCUT2D eigenvalue weighted by molar-refractivity contribution is 5.89. The molecule has 4 nitrogen and oxygen atoms in total. The second kappa shape index (κ2) is 3.81. The standard InChI is InChI=1S/C11H11NO3/c1-15-11(14)10-5-7(6-13)4-9(12-10)8-2-3-8/h4-6,8H,2-3H2,1H3. The van der Waals surface area contributed by atoms with Crippen LogP contribution in [-0.2, 0) is 4.74 Å². The molecule has 0 saturated heterocycles. The molecule has 0 amide bonds. The van der Waals surface area contributed by atoms with Gasteiger partial charge in [0, 0.05) is 17.2 Å². The van der Waals surface area contributed by atoms with E-state index in [-0.39, 0.29) is 5.69 Å². The number of esters is 1. The van der Waals surface area contributed by atoms with E-state index in [1.807, 2.05) is 0 Å². The van der Waals surface area contributed by atoms with Crippen LogP contribution in [-0.4, -0.2) is 24.3 Å². The highest BCUT2D eigenvalue weighted by Gasteiger charge is 2.26. The second-order valence-electron chi connectivity index (χ2n) is 3.59. The lowest BCUT2D eigenvalue weighted by molar-refractivity contribution is 0.0593. The minimum Gasteiger partial charge on any atom is -0.464 e. The molecule has 0 unspecified atom stereocenters. The Labute approximate surface area is 87.3 Å². The number of hydrogen-bond donors (Lipinski definition) is 0. The minimum atomic E-state index is -0.499. The number of methoxy groups -OCH3 is 1. The van der Waals surface area contributed by atoms with Crippen molar-refractivity contribution in [2.45, 2.75) is 18.8 Å². The normalized spacial score (nSPS) is 14.7. The number of rotatable bonds is 3. The van der Waals surface area contributed by atoms with Crippen molar-refractivity contribution in [3.8, 4) is 0 Å². The van der Waals surface area contributed by atoms with Gasteiger partial charge in [0.1, 0.15) is 12.0 Å². The summed E-state index contributed by atoms with van der Waals surface area (Å²) in [6, 6.07) is 3.18. The molecule has 1 aliphatic rings. The zero-order valence-electron chi connectivity index (χ0n) is 8.40. The number of aromatic nitrogens is 1. The average molecular weight is 205 g/mol. The molecule has 1 aromatic rings. The van der Waals surface area contributed by atoms with Gasteiger partial charge in [-0.25, -0.2) is 9.78 Å². The first kappa shape index (κ1) is 9.83. The van der Waals surface area contributed by atoms with E-state index in [1.165, 1.54) is 13.2 Å². The Balaban J connectivity index is 2.40. The van der Waals surface area contributed by atoms with E-state index in [0.717, 1.165) is 24.8 Å². The summed E-state index contributed by atoms with van der Waals surface area (Å²) in [5.41, 5.74) is 1.51. The molecule has 4 heteroatoms. The van der Waals surface area contributed by atoms with Crippen LogP contribution < -0.4 is 0 Å². The first-order valence-electron chi connectivity index (χ1n) is 4.80. The van der Waals surface area contributed by atoms with Crippen molar-refractivity contribution in [2.75, 3.05) is 7.11 Å². The highest BCUT2D eigenvalue weighted by Crippen LogP contribution is 2.39. The number of carbonyl (C=O) groups excluding carboxylic acids is 2. The van der Waals surface area contributed by atoms with Crippen molar-refractivity contribution in [1.29, 1.82) is 0 Å². The summed E-state index contributed by atoms with van der Waals surface area (Å²) in [6.45, 7) is 0. The summed E-state index contributed by atoms with van der Waals surface area (Å²) < 4.78 is 4.57. The molecule has 1 aliphatic carbocycles. The highest BCUT2D eigenvalue weighted by atomic mass is 16.5. The van der Waals surface area contributed by atoms with Gasteiger partial charge in [-0.2, -0.15) is 0 Å². The van der Waals surface area contributed by atoms with E-state index < -0.39 is 5.97 Å². The Kier molecular flexibility index (Phi) is 2.49. The van der Waals surface area contributed by atoms with Crippen molar-refractivity contribution in [1.82, 2.24) is 4.98 Å². The van der Waals surface area contributed by atoms with Crippen LogP contribution in [0.2, 0.25) is 0 Å². The third-order valence-corrected chi connectivity index (χ3v) is 2.39. The van der Waals surface area contributed by atoms with Crippen LogP contribution in [0, 0.1) is 0 Å². The SMILES string of the molecule is COC(=O)c1cc(C=O)cc(C2CC2)n1. The van der Waals surface area contributed by atoms with Crippen LogP contribution in [0.3, 0.4) is 0 Å². The predicted molar refractivity (Wildman–Crippen MR) is 52.9 cm³/mol. The monoisotopic (exact) mass is 205 g/mol. The fourth-order valence-corrected chi connectivity index (χ4v) is 1.44. The van der Waals surface area contributed by atoms with Gasteiger partial charge in [0.2, 0.25) is 0 Å². The molecule has 15 heavy (non-hydrogen) atoms. The van der Waals surface area contributed by atoms with E-state index in [9.17, 15) is 9.59 Å². The Hall–Kier alpha value is -1.71. The maximum Gasteiger partial charge on any atom is 0.356 e. The molecule has 1 saturated carbocycles. The smallest absolute Gasteiger partial charge is 0.356 e. The number of carbonyl (C=O) groups is 2. The van der Waals surface area contributed by atoms with Gasteiger partial charge in [0.05, 0.1) is 7.11 Å². The zero-order chi connectivity index (χ0) is 10.8. The maximum atomic E-state index is 11.3.